The second kappa shape index (κ2) is 7.17. The third kappa shape index (κ3) is 4.63. The molecular weight excluding hydrogens is 265 g/mol. The molecule has 0 N–H and O–H groups in total. The van der Waals surface area contributed by atoms with Crippen molar-refractivity contribution in [3.63, 3.8) is 0 Å². The standard InChI is InChI=1S/C18H26FNO/c1-13(2)15-7-8-18(21)16(10-15)12-20(3)11-14-5-4-6-17(19)9-14/h4-6,9,13,15-16H,7-8,10-12H2,1-3H3. The number of hydrogen-bond acceptors (Lipinski definition) is 2. The lowest BCUT2D eigenvalue weighted by Crippen LogP contribution is -2.35. The minimum Gasteiger partial charge on any atom is -0.301 e. The van der Waals surface area contributed by atoms with Crippen molar-refractivity contribution in [2.24, 2.45) is 17.8 Å². The number of nitrogens with zero attached hydrogens (tertiary/aromatic N) is 1. The Kier molecular flexibility index (Phi) is 5.51. The summed E-state index contributed by atoms with van der Waals surface area (Å²) in [6.45, 7) is 5.95. The lowest BCUT2D eigenvalue weighted by molar-refractivity contribution is -0.126. The van der Waals surface area contributed by atoms with Crippen molar-refractivity contribution in [2.45, 2.75) is 39.7 Å². The molecule has 1 aromatic carbocycles. The second-order valence-electron chi connectivity index (χ2n) is 6.77. The Morgan fingerprint density at radius 3 is 2.81 bits per heavy atom. The highest BCUT2D eigenvalue weighted by molar-refractivity contribution is 5.82. The molecule has 0 aromatic heterocycles. The van der Waals surface area contributed by atoms with Gasteiger partial charge in [0.15, 0.2) is 0 Å². The number of Topliss-reactive ketones (excluding diaryl/α,β-unsaturated/α-hetero) is 1. The van der Waals surface area contributed by atoms with Gasteiger partial charge in [0, 0.05) is 25.4 Å². The number of halogens is 1. The minimum atomic E-state index is -0.200. The van der Waals surface area contributed by atoms with Gasteiger partial charge in [0.05, 0.1) is 0 Å². The van der Waals surface area contributed by atoms with Crippen molar-refractivity contribution in [3.8, 4) is 0 Å². The molecule has 0 spiro atoms. The highest BCUT2D eigenvalue weighted by atomic mass is 19.1. The maximum Gasteiger partial charge on any atom is 0.137 e. The second-order valence-corrected chi connectivity index (χ2v) is 6.77. The summed E-state index contributed by atoms with van der Waals surface area (Å²) in [5, 5.41) is 0. The Morgan fingerprint density at radius 1 is 1.38 bits per heavy atom. The molecule has 1 fully saturated rings. The van der Waals surface area contributed by atoms with Crippen LogP contribution in [-0.2, 0) is 11.3 Å². The SMILES string of the molecule is CC(C)C1CCC(=O)C(CN(C)Cc2cccc(F)c2)C1. The van der Waals surface area contributed by atoms with Gasteiger partial charge in [-0.1, -0.05) is 26.0 Å². The monoisotopic (exact) mass is 291 g/mol. The molecule has 2 unspecified atom stereocenters. The molecule has 21 heavy (non-hydrogen) atoms. The number of ketones is 1. The first-order valence-corrected chi connectivity index (χ1v) is 7.91. The van der Waals surface area contributed by atoms with Crippen LogP contribution in [0.25, 0.3) is 0 Å². The average Bonchev–Trinajstić information content (AvgIpc) is 2.41. The molecule has 116 valence electrons. The van der Waals surface area contributed by atoms with Crippen molar-refractivity contribution in [2.75, 3.05) is 13.6 Å². The molecule has 0 aliphatic heterocycles. The summed E-state index contributed by atoms with van der Waals surface area (Å²) in [4.78, 5) is 14.3. The molecule has 1 aliphatic carbocycles. The Bertz CT molecular complexity index is 486. The largest absolute Gasteiger partial charge is 0.301 e. The van der Waals surface area contributed by atoms with Crippen molar-refractivity contribution in [1.29, 1.82) is 0 Å². The van der Waals surface area contributed by atoms with Gasteiger partial charge in [-0.2, -0.15) is 0 Å². The topological polar surface area (TPSA) is 20.3 Å². The van der Waals surface area contributed by atoms with Gasteiger partial charge in [-0.15, -0.1) is 0 Å². The molecule has 1 aliphatic rings. The molecule has 0 amide bonds. The third-order valence-electron chi connectivity index (χ3n) is 4.62. The Hall–Kier alpha value is -1.22. The minimum absolute atomic E-state index is 0.143. The van der Waals surface area contributed by atoms with Gasteiger partial charge in [0.2, 0.25) is 0 Å². The first-order chi connectivity index (χ1) is 9.95. The fourth-order valence-electron chi connectivity index (χ4n) is 3.32. The van der Waals surface area contributed by atoms with Crippen LogP contribution in [0.5, 0.6) is 0 Å². The molecule has 0 bridgehead atoms. The molecular formula is C18H26FNO. The zero-order valence-corrected chi connectivity index (χ0v) is 13.3. The van der Waals surface area contributed by atoms with Crippen LogP contribution in [0.3, 0.4) is 0 Å². The molecule has 1 aromatic rings. The van der Waals surface area contributed by atoms with E-state index in [2.05, 4.69) is 18.7 Å². The summed E-state index contributed by atoms with van der Waals surface area (Å²) in [6, 6.07) is 6.69. The number of benzene rings is 1. The zero-order chi connectivity index (χ0) is 15.4. The number of rotatable bonds is 5. The molecule has 1 saturated carbocycles. The smallest absolute Gasteiger partial charge is 0.137 e. The molecule has 3 heteroatoms. The van der Waals surface area contributed by atoms with Gasteiger partial charge in [-0.3, -0.25) is 4.79 Å². The van der Waals surface area contributed by atoms with E-state index < -0.39 is 0 Å². The van der Waals surface area contributed by atoms with E-state index in [-0.39, 0.29) is 11.7 Å². The predicted octanol–water partition coefficient (Wildman–Crippen LogP) is 3.90. The van der Waals surface area contributed by atoms with Crippen LogP contribution in [0.1, 0.15) is 38.7 Å². The summed E-state index contributed by atoms with van der Waals surface area (Å²) in [5.41, 5.74) is 0.959. The van der Waals surface area contributed by atoms with Crippen LogP contribution in [0.2, 0.25) is 0 Å². The van der Waals surface area contributed by atoms with Gasteiger partial charge in [-0.05, 0) is 49.4 Å². The summed E-state index contributed by atoms with van der Waals surface area (Å²) >= 11 is 0. The van der Waals surface area contributed by atoms with Crippen molar-refractivity contribution in [1.82, 2.24) is 4.90 Å². The van der Waals surface area contributed by atoms with E-state index in [0.29, 0.717) is 24.2 Å². The predicted molar refractivity (Wildman–Crippen MR) is 83.4 cm³/mol. The van der Waals surface area contributed by atoms with Crippen molar-refractivity contribution < 1.29 is 9.18 Å². The highest BCUT2D eigenvalue weighted by Gasteiger charge is 2.30. The van der Waals surface area contributed by atoms with E-state index in [9.17, 15) is 9.18 Å². The van der Waals surface area contributed by atoms with Crippen molar-refractivity contribution in [3.05, 3.63) is 35.6 Å². The van der Waals surface area contributed by atoms with Crippen LogP contribution in [0.4, 0.5) is 4.39 Å². The van der Waals surface area contributed by atoms with Gasteiger partial charge in [0.25, 0.3) is 0 Å². The van der Waals surface area contributed by atoms with Gasteiger partial charge in [-0.25, -0.2) is 4.39 Å². The molecule has 0 heterocycles. The molecule has 0 radical (unpaired) electrons. The lowest BCUT2D eigenvalue weighted by atomic mass is 9.75. The summed E-state index contributed by atoms with van der Waals surface area (Å²) < 4.78 is 13.2. The molecule has 0 saturated heterocycles. The normalized spacial score (nSPS) is 23.0. The van der Waals surface area contributed by atoms with Crippen LogP contribution >= 0.6 is 0 Å². The number of hydrogen-bond donors (Lipinski definition) is 0. The molecule has 2 rings (SSSR count). The van der Waals surface area contributed by atoms with Crippen LogP contribution in [-0.4, -0.2) is 24.3 Å². The molecule has 2 atom stereocenters. The quantitative estimate of drug-likeness (QED) is 0.820. The highest BCUT2D eigenvalue weighted by Crippen LogP contribution is 2.32. The number of carbonyl (C=O) groups is 1. The zero-order valence-electron chi connectivity index (χ0n) is 13.3. The summed E-state index contributed by atoms with van der Waals surface area (Å²) in [5.74, 6) is 1.65. The Balaban J connectivity index is 1.91. The number of carbonyl (C=O) groups excluding carboxylic acids is 1. The van der Waals surface area contributed by atoms with E-state index in [1.165, 1.54) is 6.07 Å². The lowest BCUT2D eigenvalue weighted by Gasteiger charge is -2.32. The molecule has 2 nitrogen and oxygen atoms in total. The van der Waals surface area contributed by atoms with Crippen LogP contribution in [0.15, 0.2) is 24.3 Å². The van der Waals surface area contributed by atoms with E-state index in [4.69, 9.17) is 0 Å². The average molecular weight is 291 g/mol. The van der Waals surface area contributed by atoms with Gasteiger partial charge in [0.1, 0.15) is 11.6 Å². The maximum absolute atomic E-state index is 13.2. The Labute approximate surface area is 127 Å². The van der Waals surface area contributed by atoms with E-state index in [1.807, 2.05) is 13.1 Å². The first kappa shape index (κ1) is 16.2. The Morgan fingerprint density at radius 2 is 2.14 bits per heavy atom. The van der Waals surface area contributed by atoms with Crippen molar-refractivity contribution >= 4 is 5.78 Å². The fraction of sp³-hybridized carbons (Fsp3) is 0.611. The summed E-state index contributed by atoms with van der Waals surface area (Å²) in [7, 11) is 2.01. The van der Waals surface area contributed by atoms with Crippen LogP contribution in [0, 0.1) is 23.6 Å². The van der Waals surface area contributed by atoms with Gasteiger partial charge >= 0.3 is 0 Å². The van der Waals surface area contributed by atoms with E-state index in [1.54, 1.807) is 12.1 Å². The van der Waals surface area contributed by atoms with E-state index >= 15 is 0 Å². The maximum atomic E-state index is 13.2. The fourth-order valence-corrected chi connectivity index (χ4v) is 3.32. The van der Waals surface area contributed by atoms with E-state index in [0.717, 1.165) is 31.4 Å². The van der Waals surface area contributed by atoms with Crippen LogP contribution < -0.4 is 0 Å². The third-order valence-corrected chi connectivity index (χ3v) is 4.62. The first-order valence-electron chi connectivity index (χ1n) is 7.91. The summed E-state index contributed by atoms with van der Waals surface area (Å²) in [6.07, 6.45) is 2.77. The van der Waals surface area contributed by atoms with Gasteiger partial charge < -0.3 is 4.90 Å².